The van der Waals surface area contributed by atoms with Crippen molar-refractivity contribution in [2.75, 3.05) is 12.0 Å². The topological polar surface area (TPSA) is 81.7 Å². The van der Waals surface area contributed by atoms with Crippen LogP contribution in [0, 0.1) is 17.0 Å². The number of hydrogen-bond donors (Lipinski definition) is 1. The summed E-state index contributed by atoms with van der Waals surface area (Å²) in [5.41, 5.74) is 6.89. The van der Waals surface area contributed by atoms with Crippen LogP contribution >= 0.6 is 0 Å². The molecule has 31 heavy (non-hydrogen) atoms. The van der Waals surface area contributed by atoms with E-state index in [1.165, 1.54) is 17.7 Å². The third kappa shape index (κ3) is 4.90. The molecule has 1 aromatic heterocycles. The lowest BCUT2D eigenvalue weighted by Crippen LogP contribution is -2.07. The summed E-state index contributed by atoms with van der Waals surface area (Å²) in [5, 5.41) is 16.1. The lowest BCUT2D eigenvalue weighted by Gasteiger charge is -2.08. The Morgan fingerprint density at radius 1 is 1.10 bits per heavy atom. The number of hydrogen-bond acceptors (Lipinski definition) is 5. The first-order valence-electron chi connectivity index (χ1n) is 9.91. The molecule has 0 aliphatic carbocycles. The average molecular weight is 414 g/mol. The van der Waals surface area contributed by atoms with Crippen LogP contribution in [-0.2, 0) is 6.54 Å². The van der Waals surface area contributed by atoms with Gasteiger partial charge in [0.1, 0.15) is 12.4 Å². The van der Waals surface area contributed by atoms with E-state index in [4.69, 9.17) is 4.74 Å². The number of aromatic nitrogens is 1. The molecule has 0 unspecified atom stereocenters. The van der Waals surface area contributed by atoms with Gasteiger partial charge < -0.3 is 9.30 Å². The number of nitrogens with zero attached hydrogens (tertiary/aromatic N) is 3. The molecular formula is C24H22N4O3. The van der Waals surface area contributed by atoms with Gasteiger partial charge in [0.15, 0.2) is 0 Å². The average Bonchev–Trinajstić information content (AvgIpc) is 3.12. The smallest absolute Gasteiger partial charge is 0.269 e. The van der Waals surface area contributed by atoms with Gasteiger partial charge in [0.2, 0.25) is 0 Å². The molecule has 0 fully saturated rings. The van der Waals surface area contributed by atoms with Crippen molar-refractivity contribution in [1.82, 2.24) is 4.57 Å². The van der Waals surface area contributed by atoms with Crippen LogP contribution in [0.3, 0.4) is 0 Å². The lowest BCUT2D eigenvalue weighted by molar-refractivity contribution is -0.384. The van der Waals surface area contributed by atoms with Gasteiger partial charge in [-0.25, -0.2) is 0 Å². The number of nitro benzene ring substituents is 1. The molecular weight excluding hydrogens is 392 g/mol. The first kappa shape index (κ1) is 20.2. The van der Waals surface area contributed by atoms with Crippen molar-refractivity contribution >= 4 is 28.5 Å². The maximum Gasteiger partial charge on any atom is 0.269 e. The van der Waals surface area contributed by atoms with Crippen molar-refractivity contribution in [2.24, 2.45) is 5.10 Å². The highest BCUT2D eigenvalue weighted by atomic mass is 16.6. The predicted octanol–water partition coefficient (Wildman–Crippen LogP) is 5.38. The first-order chi connectivity index (χ1) is 15.1. The molecule has 0 amide bonds. The summed E-state index contributed by atoms with van der Waals surface area (Å²) >= 11 is 0. The van der Waals surface area contributed by atoms with Crippen LogP contribution in [0.15, 0.2) is 84.1 Å². The van der Waals surface area contributed by atoms with Crippen LogP contribution in [0.5, 0.6) is 5.75 Å². The van der Waals surface area contributed by atoms with Gasteiger partial charge in [0.25, 0.3) is 5.69 Å². The van der Waals surface area contributed by atoms with Crippen molar-refractivity contribution in [1.29, 1.82) is 0 Å². The van der Waals surface area contributed by atoms with Crippen LogP contribution in [0.25, 0.3) is 10.9 Å². The number of non-ortho nitro benzene ring substituents is 1. The number of rotatable bonds is 8. The van der Waals surface area contributed by atoms with E-state index >= 15 is 0 Å². The maximum atomic E-state index is 10.8. The molecule has 4 rings (SSSR count). The number of fused-ring (bicyclic) bond motifs is 1. The van der Waals surface area contributed by atoms with Crippen LogP contribution in [0.2, 0.25) is 0 Å². The molecule has 7 heteroatoms. The number of nitrogens with one attached hydrogen (secondary N) is 1. The quantitative estimate of drug-likeness (QED) is 0.238. The van der Waals surface area contributed by atoms with E-state index in [0.717, 1.165) is 22.2 Å². The number of hydrazone groups is 1. The normalized spacial score (nSPS) is 11.1. The van der Waals surface area contributed by atoms with Crippen molar-refractivity contribution in [3.05, 3.63) is 100 Å². The summed E-state index contributed by atoms with van der Waals surface area (Å²) in [4.78, 5) is 10.3. The van der Waals surface area contributed by atoms with E-state index in [0.29, 0.717) is 18.8 Å². The fraction of sp³-hybridized carbons (Fsp3) is 0.125. The second kappa shape index (κ2) is 9.13. The summed E-state index contributed by atoms with van der Waals surface area (Å²) < 4.78 is 8.05. The minimum absolute atomic E-state index is 0.0467. The molecule has 0 aliphatic heterocycles. The molecule has 0 atom stereocenters. The van der Waals surface area contributed by atoms with E-state index in [9.17, 15) is 10.1 Å². The Kier molecular flexibility index (Phi) is 5.93. The molecule has 1 N–H and O–H groups in total. The molecule has 0 saturated heterocycles. The maximum absolute atomic E-state index is 10.8. The Labute approximate surface area is 179 Å². The van der Waals surface area contributed by atoms with E-state index < -0.39 is 4.92 Å². The van der Waals surface area contributed by atoms with E-state index in [1.807, 2.05) is 49.5 Å². The first-order valence-corrected chi connectivity index (χ1v) is 9.91. The van der Waals surface area contributed by atoms with Crippen LogP contribution < -0.4 is 10.2 Å². The predicted molar refractivity (Wildman–Crippen MR) is 123 cm³/mol. The number of ether oxygens (including phenoxy) is 1. The molecule has 4 aromatic rings. The number of aryl methyl sites for hydroxylation is 1. The number of para-hydroxylation sites is 1. The van der Waals surface area contributed by atoms with Crippen LogP contribution in [-0.4, -0.2) is 22.3 Å². The minimum atomic E-state index is -0.426. The molecule has 156 valence electrons. The second-order valence-corrected chi connectivity index (χ2v) is 7.13. The Balaban J connectivity index is 1.45. The highest BCUT2D eigenvalue weighted by Gasteiger charge is 2.07. The number of nitro groups is 1. The fourth-order valence-corrected chi connectivity index (χ4v) is 3.36. The molecule has 0 radical (unpaired) electrons. The fourth-order valence-electron chi connectivity index (χ4n) is 3.36. The third-order valence-corrected chi connectivity index (χ3v) is 4.89. The molecule has 1 heterocycles. The second-order valence-electron chi connectivity index (χ2n) is 7.13. The summed E-state index contributed by atoms with van der Waals surface area (Å²) in [6.07, 6.45) is 3.80. The van der Waals surface area contributed by atoms with E-state index in [-0.39, 0.29) is 5.69 Å². The van der Waals surface area contributed by atoms with Gasteiger partial charge in [0, 0.05) is 34.8 Å². The van der Waals surface area contributed by atoms with Crippen molar-refractivity contribution in [3.8, 4) is 5.75 Å². The summed E-state index contributed by atoms with van der Waals surface area (Å²) in [6.45, 7) is 3.31. The molecule has 0 saturated carbocycles. The van der Waals surface area contributed by atoms with E-state index in [1.54, 1.807) is 18.3 Å². The molecule has 0 aliphatic rings. The Bertz CT molecular complexity index is 1230. The zero-order chi connectivity index (χ0) is 21.6. The minimum Gasteiger partial charge on any atom is -0.492 e. The largest absolute Gasteiger partial charge is 0.492 e. The van der Waals surface area contributed by atoms with Gasteiger partial charge in [-0.1, -0.05) is 30.3 Å². The Morgan fingerprint density at radius 3 is 2.68 bits per heavy atom. The zero-order valence-corrected chi connectivity index (χ0v) is 17.1. The van der Waals surface area contributed by atoms with Gasteiger partial charge in [-0.15, -0.1) is 0 Å². The van der Waals surface area contributed by atoms with Gasteiger partial charge in [-0.2, -0.15) is 5.10 Å². The Hall–Kier alpha value is -4.13. The Morgan fingerprint density at radius 2 is 1.90 bits per heavy atom. The number of benzene rings is 3. The van der Waals surface area contributed by atoms with Crippen LogP contribution in [0.1, 0.15) is 11.1 Å². The molecule has 0 bridgehead atoms. The monoisotopic (exact) mass is 414 g/mol. The highest BCUT2D eigenvalue weighted by molar-refractivity contribution is 5.99. The summed E-state index contributed by atoms with van der Waals surface area (Å²) in [5.74, 6) is 0.866. The third-order valence-electron chi connectivity index (χ3n) is 4.89. The molecule has 0 spiro atoms. The SMILES string of the molecule is Cc1cccc(OCCn2cc(/C=N/Nc3ccc([N+](=O)[O-])cc3)c3ccccc32)c1. The molecule has 3 aromatic carbocycles. The molecule has 7 nitrogen and oxygen atoms in total. The summed E-state index contributed by atoms with van der Waals surface area (Å²) in [6, 6.07) is 22.3. The zero-order valence-electron chi connectivity index (χ0n) is 17.1. The van der Waals surface area contributed by atoms with Gasteiger partial charge in [-0.3, -0.25) is 15.5 Å². The van der Waals surface area contributed by atoms with E-state index in [2.05, 4.69) is 27.2 Å². The van der Waals surface area contributed by atoms with Gasteiger partial charge in [0.05, 0.1) is 23.4 Å². The van der Waals surface area contributed by atoms with Crippen molar-refractivity contribution < 1.29 is 9.66 Å². The lowest BCUT2D eigenvalue weighted by atomic mass is 10.2. The van der Waals surface area contributed by atoms with Gasteiger partial charge in [-0.05, 0) is 42.8 Å². The summed E-state index contributed by atoms with van der Waals surface area (Å²) in [7, 11) is 0. The standard InChI is InChI=1S/C24H22N4O3/c1-18-5-4-6-22(15-18)31-14-13-27-17-19(23-7-2-3-8-24(23)27)16-25-26-20-9-11-21(12-10-20)28(29)30/h2-12,15-17,26H,13-14H2,1H3/b25-16+. The van der Waals surface area contributed by atoms with Crippen molar-refractivity contribution in [3.63, 3.8) is 0 Å². The highest BCUT2D eigenvalue weighted by Crippen LogP contribution is 2.21. The van der Waals surface area contributed by atoms with Crippen molar-refractivity contribution in [2.45, 2.75) is 13.5 Å². The van der Waals surface area contributed by atoms with Gasteiger partial charge >= 0.3 is 0 Å². The number of anilines is 1. The van der Waals surface area contributed by atoms with Crippen LogP contribution in [0.4, 0.5) is 11.4 Å².